The van der Waals surface area contributed by atoms with Crippen molar-refractivity contribution in [3.63, 3.8) is 0 Å². The van der Waals surface area contributed by atoms with E-state index in [1.807, 2.05) is 72.8 Å². The summed E-state index contributed by atoms with van der Waals surface area (Å²) in [6.07, 6.45) is 12.9. The van der Waals surface area contributed by atoms with Gasteiger partial charge in [0.2, 0.25) is 0 Å². The number of benzene rings is 8. The van der Waals surface area contributed by atoms with Gasteiger partial charge >= 0.3 is 22.5 Å². The molecular weight excluding hydrogens is 1420 g/mol. The van der Waals surface area contributed by atoms with E-state index in [4.69, 9.17) is 66.5 Å². The third kappa shape index (κ3) is 11.3. The highest BCUT2D eigenvalue weighted by Gasteiger charge is 2.29. The van der Waals surface area contributed by atoms with Crippen LogP contribution in [0.3, 0.4) is 0 Å². The van der Waals surface area contributed by atoms with E-state index in [9.17, 15) is 19.2 Å². The molecule has 21 rings (SSSR count). The van der Waals surface area contributed by atoms with Crippen LogP contribution in [0.4, 0.5) is 0 Å². The van der Waals surface area contributed by atoms with Gasteiger partial charge in [-0.3, -0.25) is 19.9 Å². The molecule has 2 aliphatic rings. The second-order valence-electron chi connectivity index (χ2n) is 26.3. The Morgan fingerprint density at radius 3 is 0.866 bits per heavy atom. The second-order valence-corrected chi connectivity index (χ2v) is 26.3. The highest BCUT2D eigenvalue weighted by molar-refractivity contribution is 6.10. The molecule has 0 unspecified atom stereocenters. The fourth-order valence-electron chi connectivity index (χ4n) is 14.3. The zero-order chi connectivity index (χ0) is 74.7. The van der Waals surface area contributed by atoms with Crippen LogP contribution in [-0.2, 0) is 0 Å². The van der Waals surface area contributed by atoms with Crippen molar-refractivity contribution in [2.45, 2.75) is 0 Å². The summed E-state index contributed by atoms with van der Waals surface area (Å²) >= 11 is 0. The summed E-state index contributed by atoms with van der Waals surface area (Å²) in [5, 5.41) is 4.59. The minimum atomic E-state index is -0.545. The first-order valence-electron chi connectivity index (χ1n) is 35.0. The molecule has 2 N–H and O–H groups in total. The smallest absolute Gasteiger partial charge is 0.344 e. The van der Waals surface area contributed by atoms with Crippen LogP contribution in [0.1, 0.15) is 0 Å². The van der Waals surface area contributed by atoms with Crippen molar-refractivity contribution in [2.24, 2.45) is 0 Å². The van der Waals surface area contributed by atoms with Crippen LogP contribution in [0.15, 0.2) is 305 Å². The van der Waals surface area contributed by atoms with E-state index in [2.05, 4.69) is 29.9 Å². The van der Waals surface area contributed by atoms with Crippen molar-refractivity contribution in [3.05, 3.63) is 310 Å². The van der Waals surface area contributed by atoms with Gasteiger partial charge in [-0.1, -0.05) is 48.5 Å². The Morgan fingerprint density at radius 2 is 0.545 bits per heavy atom. The number of pyridine rings is 4. The van der Waals surface area contributed by atoms with Gasteiger partial charge in [-0.25, -0.2) is 49.1 Å². The Balaban J connectivity index is 0.778. The largest absolute Gasteiger partial charge is 0.456 e. The van der Waals surface area contributed by atoms with Gasteiger partial charge in [0.1, 0.15) is 90.9 Å². The average molecular weight is 1460 g/mol. The predicted octanol–water partition coefficient (Wildman–Crippen LogP) is 18.7. The normalized spacial score (nSPS) is 11.7. The topological polar surface area (TPSA) is 318 Å². The van der Waals surface area contributed by atoms with Gasteiger partial charge in [0.25, 0.3) is 0 Å². The van der Waals surface area contributed by atoms with E-state index in [0.717, 1.165) is 0 Å². The zero-order valence-corrected chi connectivity index (χ0v) is 57.8. The molecule has 8 bridgehead atoms. The van der Waals surface area contributed by atoms with Crippen LogP contribution in [-0.4, -0.2) is 59.8 Å². The van der Waals surface area contributed by atoms with E-state index in [1.165, 1.54) is 0 Å². The molecule has 0 aliphatic carbocycles. The Morgan fingerprint density at radius 1 is 0.259 bits per heavy atom. The average Bonchev–Trinajstić information content (AvgIpc) is 1.56. The summed E-state index contributed by atoms with van der Waals surface area (Å²) in [7, 11) is 0. The van der Waals surface area contributed by atoms with Gasteiger partial charge in [0.15, 0.2) is 23.3 Å². The highest BCUT2D eigenvalue weighted by atomic mass is 16.5. The molecule has 0 saturated heterocycles. The first-order valence-corrected chi connectivity index (χ1v) is 35.0. The van der Waals surface area contributed by atoms with Gasteiger partial charge < -0.3 is 46.6 Å². The first kappa shape index (κ1) is 64.2. The standard InChI is InChI=1S/C88H46N12O12/c101-85-61(45-21-29-89-30-22-45)37-49-13-17-53(41-69(49)109-85)105-65-9-1-5-57-73(65)81-93-77(57)97-82-74-58(6-2-10-66(74)106-54-18-14-50-38-62(46-23-31-90-32-24-46)86(102)110-70(50)42-54)79(94-82)99-84-76-60(8-4-12-68(76)108-56-20-16-52-40-64(48-27-35-92-36-28-48)88(104)112-72(52)44-56)80(96-84)100-83-75-59(78(95-83)98-81)7-3-11-67(75)107-55-19-15-51-39-63(47-25-33-91-34-26-47)87(103)111-71(51)43-55/h1-44H,(H2,93,94,95,96,97,98,99,100). The number of nitrogens with zero attached hydrogens (tertiary/aromatic N) is 10. The Labute approximate surface area is 626 Å². The number of hydrogen-bond acceptors (Lipinski definition) is 22. The molecule has 0 saturated carbocycles. The lowest BCUT2D eigenvalue weighted by molar-refractivity contribution is 0.482. The van der Waals surface area contributed by atoms with Crippen LogP contribution in [0.25, 0.3) is 178 Å². The number of ether oxygens (including phenoxy) is 4. The Hall–Kier alpha value is -16.2. The maximum atomic E-state index is 13.6. The Kier molecular flexibility index (Phi) is 14.8. The first-order chi connectivity index (χ1) is 55.0. The van der Waals surface area contributed by atoms with Crippen molar-refractivity contribution >= 4 is 88.0 Å². The summed E-state index contributed by atoms with van der Waals surface area (Å²) in [5.74, 6) is 3.29. The van der Waals surface area contributed by atoms with Crippen LogP contribution in [0.2, 0.25) is 0 Å². The summed E-state index contributed by atoms with van der Waals surface area (Å²) in [4.78, 5) is 110. The van der Waals surface area contributed by atoms with Crippen LogP contribution >= 0.6 is 0 Å². The minimum absolute atomic E-state index is 0.160. The second kappa shape index (κ2) is 25.8. The molecule has 13 heterocycles. The minimum Gasteiger partial charge on any atom is -0.456 e. The predicted molar refractivity (Wildman–Crippen MR) is 419 cm³/mol. The number of aromatic nitrogens is 12. The molecule has 19 aromatic rings. The third-order valence-electron chi connectivity index (χ3n) is 19.5. The number of hydrogen-bond donors (Lipinski definition) is 2. The van der Waals surface area contributed by atoms with Gasteiger partial charge in [0, 0.05) is 117 Å². The van der Waals surface area contributed by atoms with E-state index in [-0.39, 0.29) is 68.2 Å². The maximum Gasteiger partial charge on any atom is 0.344 e. The van der Waals surface area contributed by atoms with Crippen molar-refractivity contribution in [3.8, 4) is 136 Å². The third-order valence-corrected chi connectivity index (χ3v) is 19.5. The summed E-state index contributed by atoms with van der Waals surface area (Å²) in [5.41, 5.74) is 5.99. The maximum absolute atomic E-state index is 13.6. The molecule has 2 aliphatic heterocycles. The van der Waals surface area contributed by atoms with Crippen LogP contribution in [0.5, 0.6) is 46.0 Å². The summed E-state index contributed by atoms with van der Waals surface area (Å²) < 4.78 is 51.4. The molecule has 0 atom stereocenters. The van der Waals surface area contributed by atoms with Crippen LogP contribution in [0, 0.1) is 0 Å². The molecule has 0 amide bonds. The molecular formula is C88H46N12O12. The lowest BCUT2D eigenvalue weighted by atomic mass is 10.1. The number of H-pyrrole nitrogens is 2. The molecule has 0 radical (unpaired) electrons. The quantitative estimate of drug-likeness (QED) is 0.107. The van der Waals surface area contributed by atoms with Gasteiger partial charge in [-0.15, -0.1) is 0 Å². The van der Waals surface area contributed by atoms with Crippen molar-refractivity contribution < 1.29 is 36.6 Å². The molecule has 11 aromatic heterocycles. The van der Waals surface area contributed by atoms with E-state index in [0.29, 0.717) is 156 Å². The number of fused-ring (bicyclic) bond motifs is 24. The summed E-state index contributed by atoms with van der Waals surface area (Å²) in [6, 6.07) is 63.8. The summed E-state index contributed by atoms with van der Waals surface area (Å²) in [6.45, 7) is 0. The molecule has 8 aromatic carbocycles. The molecule has 0 fully saturated rings. The fourth-order valence-corrected chi connectivity index (χ4v) is 14.3. The van der Waals surface area contributed by atoms with Gasteiger partial charge in [-0.2, -0.15) is 0 Å². The molecule has 530 valence electrons. The van der Waals surface area contributed by atoms with Crippen molar-refractivity contribution in [1.82, 2.24) is 59.8 Å². The number of aromatic amines is 2. The molecule has 0 spiro atoms. The van der Waals surface area contributed by atoms with Gasteiger partial charge in [-0.05, 0) is 168 Å². The lowest BCUT2D eigenvalue weighted by Gasteiger charge is -2.11. The van der Waals surface area contributed by atoms with Crippen molar-refractivity contribution in [2.75, 3.05) is 0 Å². The number of nitrogens with one attached hydrogen (secondary N) is 2. The van der Waals surface area contributed by atoms with E-state index >= 15 is 0 Å². The number of rotatable bonds is 12. The van der Waals surface area contributed by atoms with Gasteiger partial charge in [0.05, 0.1) is 44.2 Å². The fraction of sp³-hybridized carbons (Fsp3) is 0. The van der Waals surface area contributed by atoms with E-state index in [1.54, 1.807) is 195 Å². The molecule has 24 heteroatoms. The monoisotopic (exact) mass is 1460 g/mol. The van der Waals surface area contributed by atoms with Crippen molar-refractivity contribution in [1.29, 1.82) is 0 Å². The highest BCUT2D eigenvalue weighted by Crippen LogP contribution is 2.47. The SMILES string of the molecule is O=c1oc2cc(Oc3cccc4c3-c3nc-4nc4[nH]c(nc5nc(nc6[nH]c(n3)c3cccc(Oc7ccc8cc(-c9ccncc9)c(=O)oc8c7)c63)-c3cccc(Oc6ccc7cc(-c8ccncc8)c(=O)oc7c6)c3-5)c3cccc(Oc5ccc6cc(-c7ccncc7)c(=O)oc6c5)c43)ccc2cc1-c1ccncc1. The molecule has 112 heavy (non-hydrogen) atoms. The lowest BCUT2D eigenvalue weighted by Crippen LogP contribution is -2.02. The van der Waals surface area contributed by atoms with E-state index < -0.39 is 22.5 Å². The Bertz CT molecular complexity index is 7190. The molecule has 24 nitrogen and oxygen atoms in total. The zero-order valence-electron chi connectivity index (χ0n) is 57.8. The van der Waals surface area contributed by atoms with Crippen LogP contribution < -0.4 is 41.4 Å².